The quantitative estimate of drug-likeness (QED) is 0.548. The molecule has 5 nitrogen and oxygen atoms in total. The van der Waals surface area contributed by atoms with Gasteiger partial charge >= 0.3 is 5.97 Å². The molecule has 27 heavy (non-hydrogen) atoms. The van der Waals surface area contributed by atoms with Crippen LogP contribution in [0.3, 0.4) is 0 Å². The lowest BCUT2D eigenvalue weighted by atomic mass is 9.46. The average molecular weight is 379 g/mol. The molecule has 152 valence electrons. The van der Waals surface area contributed by atoms with Gasteiger partial charge in [0.2, 0.25) is 0 Å². The van der Waals surface area contributed by atoms with E-state index >= 15 is 0 Å². The molecule has 0 aliphatic heterocycles. The van der Waals surface area contributed by atoms with Gasteiger partial charge in [-0.1, -0.05) is 32.1 Å². The number of carbonyl (C=O) groups is 2. The highest BCUT2D eigenvalue weighted by Gasteiger charge is 2.58. The van der Waals surface area contributed by atoms with Crippen molar-refractivity contribution in [3.63, 3.8) is 0 Å². The molecule has 2 aliphatic rings. The van der Waals surface area contributed by atoms with Gasteiger partial charge in [-0.2, -0.15) is 0 Å². The normalized spacial score (nSPS) is 37.1. The van der Waals surface area contributed by atoms with Gasteiger partial charge in [-0.15, -0.1) is 0 Å². The van der Waals surface area contributed by atoms with Crippen molar-refractivity contribution in [2.75, 3.05) is 13.2 Å². The van der Waals surface area contributed by atoms with Crippen LogP contribution in [0.15, 0.2) is 23.8 Å². The fraction of sp³-hybridized carbons (Fsp3) is 0.727. The van der Waals surface area contributed by atoms with Crippen LogP contribution >= 0.6 is 0 Å². The van der Waals surface area contributed by atoms with E-state index < -0.39 is 11.5 Å². The lowest BCUT2D eigenvalue weighted by Gasteiger charge is -2.58. The maximum Gasteiger partial charge on any atom is 0.302 e. The van der Waals surface area contributed by atoms with Crippen molar-refractivity contribution in [1.82, 2.24) is 0 Å². The third-order valence-corrected chi connectivity index (χ3v) is 6.82. The first-order valence-electron chi connectivity index (χ1n) is 9.82. The molecule has 2 aliphatic carbocycles. The molecule has 2 rings (SSSR count). The minimum Gasteiger partial charge on any atom is -0.465 e. The smallest absolute Gasteiger partial charge is 0.302 e. The van der Waals surface area contributed by atoms with Crippen molar-refractivity contribution < 1.29 is 24.5 Å². The number of Topliss-reactive ketones (excluding diaryl/α,β-unsaturated/α-hetero) is 1. The van der Waals surface area contributed by atoms with E-state index in [2.05, 4.69) is 13.5 Å². The Balaban J connectivity index is 2.35. The molecule has 2 N–H and O–H groups in total. The van der Waals surface area contributed by atoms with Crippen LogP contribution < -0.4 is 0 Å². The molecule has 0 saturated heterocycles. The number of aliphatic hydroxyl groups excluding tert-OH is 2. The highest BCUT2D eigenvalue weighted by atomic mass is 16.5. The zero-order chi connectivity index (χ0) is 20.4. The van der Waals surface area contributed by atoms with Crippen molar-refractivity contribution in [2.24, 2.45) is 22.7 Å². The van der Waals surface area contributed by atoms with Crippen LogP contribution in [0.5, 0.6) is 0 Å². The van der Waals surface area contributed by atoms with Crippen LogP contribution in [0.4, 0.5) is 0 Å². The Morgan fingerprint density at radius 3 is 2.59 bits per heavy atom. The number of fused-ring (bicyclic) bond motifs is 1. The van der Waals surface area contributed by atoms with Gasteiger partial charge < -0.3 is 14.9 Å². The van der Waals surface area contributed by atoms with E-state index in [1.807, 2.05) is 13.8 Å². The molecule has 0 unspecified atom stereocenters. The Hall–Kier alpha value is -1.46. The minimum atomic E-state index is -0.611. The maximum absolute atomic E-state index is 12.7. The Bertz CT molecular complexity index is 637. The molecule has 0 aromatic carbocycles. The fourth-order valence-electron chi connectivity index (χ4n) is 5.49. The second-order valence-electron chi connectivity index (χ2n) is 9.04. The number of aliphatic hydroxyl groups is 2. The molecule has 0 aromatic rings. The Morgan fingerprint density at radius 2 is 2.00 bits per heavy atom. The van der Waals surface area contributed by atoms with Gasteiger partial charge in [0.15, 0.2) is 0 Å². The summed E-state index contributed by atoms with van der Waals surface area (Å²) in [4.78, 5) is 24.1. The predicted molar refractivity (Wildman–Crippen MR) is 104 cm³/mol. The summed E-state index contributed by atoms with van der Waals surface area (Å²) in [5.41, 5.74) is 1.09. The van der Waals surface area contributed by atoms with E-state index in [0.717, 1.165) is 24.0 Å². The summed E-state index contributed by atoms with van der Waals surface area (Å²) in [6.45, 7) is 11.9. The molecule has 0 radical (unpaired) electrons. The van der Waals surface area contributed by atoms with Gasteiger partial charge in [-0.3, -0.25) is 9.59 Å². The summed E-state index contributed by atoms with van der Waals surface area (Å²) in [6.07, 6.45) is 4.12. The summed E-state index contributed by atoms with van der Waals surface area (Å²) in [5, 5.41) is 19.8. The van der Waals surface area contributed by atoms with Crippen molar-refractivity contribution >= 4 is 11.8 Å². The van der Waals surface area contributed by atoms with Crippen LogP contribution in [-0.2, 0) is 14.3 Å². The number of ether oxygens (including phenoxy) is 1. The fourth-order valence-corrected chi connectivity index (χ4v) is 5.49. The first-order valence-corrected chi connectivity index (χ1v) is 9.82. The van der Waals surface area contributed by atoms with Crippen molar-refractivity contribution in [3.8, 4) is 0 Å². The van der Waals surface area contributed by atoms with E-state index in [4.69, 9.17) is 9.84 Å². The highest BCUT2D eigenvalue weighted by molar-refractivity contribution is 5.81. The van der Waals surface area contributed by atoms with Crippen molar-refractivity contribution in [1.29, 1.82) is 0 Å². The summed E-state index contributed by atoms with van der Waals surface area (Å²) in [7, 11) is 0. The molecular formula is C22H34O5. The van der Waals surface area contributed by atoms with E-state index in [9.17, 15) is 14.7 Å². The second-order valence-corrected chi connectivity index (χ2v) is 9.04. The number of hydrogen-bond acceptors (Lipinski definition) is 5. The van der Waals surface area contributed by atoms with Gasteiger partial charge in [-0.05, 0) is 49.0 Å². The third-order valence-electron chi connectivity index (χ3n) is 6.82. The van der Waals surface area contributed by atoms with Crippen LogP contribution in [-0.4, -0.2) is 41.3 Å². The predicted octanol–water partition coefficient (Wildman–Crippen LogP) is 3.20. The standard InChI is InChI=1S/C22H34O5/c1-14(8-9-23)6-7-18-15(2)19(26)10-20-21(4,13-27-16(3)24)11-17(25)12-22(18,20)5/h8,18-20,23,26H,2,6-7,9-13H2,1,3-5H3/b14-8-/t18-,19+,20-,21+,22+/m0/s1. The van der Waals surface area contributed by atoms with Gasteiger partial charge in [0.25, 0.3) is 0 Å². The number of ketones is 1. The van der Waals surface area contributed by atoms with Gasteiger partial charge in [-0.25, -0.2) is 0 Å². The summed E-state index contributed by atoms with van der Waals surface area (Å²) in [6, 6.07) is 0. The average Bonchev–Trinajstić information content (AvgIpc) is 2.55. The van der Waals surface area contributed by atoms with E-state index in [1.54, 1.807) is 6.08 Å². The SMILES string of the molecule is C=C1[C@H](O)C[C@H]2[C@@](C)(COC(C)=O)CC(=O)C[C@]2(C)[C@H]1CC/C(C)=C\CO. The molecule has 5 heteroatoms. The Kier molecular flexibility index (Phi) is 6.69. The molecule has 0 bridgehead atoms. The monoisotopic (exact) mass is 378 g/mol. The van der Waals surface area contributed by atoms with Gasteiger partial charge in [0, 0.05) is 25.2 Å². The van der Waals surface area contributed by atoms with Gasteiger partial charge in [0.1, 0.15) is 5.78 Å². The number of allylic oxidation sites excluding steroid dienone is 1. The molecule has 2 saturated carbocycles. The zero-order valence-corrected chi connectivity index (χ0v) is 17.1. The largest absolute Gasteiger partial charge is 0.465 e. The van der Waals surface area contributed by atoms with Crippen LogP contribution in [0.2, 0.25) is 0 Å². The van der Waals surface area contributed by atoms with E-state index in [0.29, 0.717) is 19.3 Å². The lowest BCUT2D eigenvalue weighted by molar-refractivity contribution is -0.162. The van der Waals surface area contributed by atoms with Crippen LogP contribution in [0, 0.1) is 22.7 Å². The highest BCUT2D eigenvalue weighted by Crippen LogP contribution is 2.61. The van der Waals surface area contributed by atoms with Crippen LogP contribution in [0.25, 0.3) is 0 Å². The van der Waals surface area contributed by atoms with E-state index in [1.165, 1.54) is 6.92 Å². The molecule has 0 heterocycles. The van der Waals surface area contributed by atoms with Crippen molar-refractivity contribution in [3.05, 3.63) is 23.8 Å². The Labute approximate surface area is 162 Å². The first-order chi connectivity index (χ1) is 12.5. The first kappa shape index (κ1) is 21.8. The number of esters is 1. The van der Waals surface area contributed by atoms with E-state index in [-0.39, 0.29) is 42.2 Å². The minimum absolute atomic E-state index is 0.00851. The lowest BCUT2D eigenvalue weighted by Crippen LogP contribution is -2.57. The molecule has 5 atom stereocenters. The number of hydrogen-bond donors (Lipinski definition) is 2. The topological polar surface area (TPSA) is 83.8 Å². The summed E-state index contributed by atoms with van der Waals surface area (Å²) in [5.74, 6) is -0.0953. The molecule has 0 spiro atoms. The molecule has 0 amide bonds. The Morgan fingerprint density at radius 1 is 1.33 bits per heavy atom. The summed E-state index contributed by atoms with van der Waals surface area (Å²) >= 11 is 0. The van der Waals surface area contributed by atoms with Gasteiger partial charge in [0.05, 0.1) is 19.3 Å². The molecule has 2 fully saturated rings. The zero-order valence-electron chi connectivity index (χ0n) is 17.1. The maximum atomic E-state index is 12.7. The third kappa shape index (κ3) is 4.52. The number of rotatable bonds is 6. The molecular weight excluding hydrogens is 344 g/mol. The summed E-state index contributed by atoms with van der Waals surface area (Å²) < 4.78 is 5.32. The molecule has 0 aromatic heterocycles. The second kappa shape index (κ2) is 8.27. The number of carbonyl (C=O) groups excluding carboxylic acids is 2. The van der Waals surface area contributed by atoms with Crippen LogP contribution in [0.1, 0.15) is 59.8 Å². The van der Waals surface area contributed by atoms with Crippen molar-refractivity contribution in [2.45, 2.75) is 65.9 Å².